The first-order valence-corrected chi connectivity index (χ1v) is 3.07. The SMILES string of the molecule is NCc1cc[c-]cc1Cl.[Br-].[Mg+2]. The molecule has 0 saturated heterocycles. The van der Waals surface area contributed by atoms with Crippen LogP contribution in [0.2, 0.25) is 5.02 Å². The molecule has 0 aliphatic rings. The van der Waals surface area contributed by atoms with Gasteiger partial charge in [-0.2, -0.15) is 35.9 Å². The molecule has 56 valence electrons. The minimum Gasteiger partial charge on any atom is -1.00 e. The minimum absolute atomic E-state index is 0. The maximum Gasteiger partial charge on any atom is 2.00 e. The van der Waals surface area contributed by atoms with Gasteiger partial charge in [-0.15, -0.1) is 5.56 Å². The van der Waals surface area contributed by atoms with Crippen molar-refractivity contribution in [1.29, 1.82) is 0 Å². The van der Waals surface area contributed by atoms with Crippen molar-refractivity contribution >= 4 is 34.7 Å². The van der Waals surface area contributed by atoms with E-state index >= 15 is 0 Å². The van der Waals surface area contributed by atoms with Crippen LogP contribution < -0.4 is 22.7 Å². The summed E-state index contributed by atoms with van der Waals surface area (Å²) in [7, 11) is 0. The third-order valence-corrected chi connectivity index (χ3v) is 1.47. The number of rotatable bonds is 1. The van der Waals surface area contributed by atoms with Crippen molar-refractivity contribution in [3.05, 3.63) is 34.9 Å². The second-order valence-corrected chi connectivity index (χ2v) is 2.13. The third-order valence-electron chi connectivity index (χ3n) is 1.12. The maximum absolute atomic E-state index is 5.71. The van der Waals surface area contributed by atoms with Gasteiger partial charge in [0.1, 0.15) is 0 Å². The van der Waals surface area contributed by atoms with Gasteiger partial charge in [-0.25, -0.2) is 0 Å². The van der Waals surface area contributed by atoms with Crippen LogP contribution in [0.5, 0.6) is 0 Å². The Labute approximate surface area is 98.2 Å². The molecule has 0 bridgehead atoms. The predicted octanol–water partition coefficient (Wildman–Crippen LogP) is -1.78. The molecule has 0 atom stereocenters. The van der Waals surface area contributed by atoms with Crippen molar-refractivity contribution in [2.75, 3.05) is 0 Å². The summed E-state index contributed by atoms with van der Waals surface area (Å²) >= 11 is 5.71. The molecule has 0 amide bonds. The van der Waals surface area contributed by atoms with E-state index in [4.69, 9.17) is 17.3 Å². The van der Waals surface area contributed by atoms with Crippen molar-refractivity contribution < 1.29 is 17.0 Å². The van der Waals surface area contributed by atoms with E-state index in [-0.39, 0.29) is 40.0 Å². The number of benzene rings is 1. The van der Waals surface area contributed by atoms with Crippen LogP contribution >= 0.6 is 11.6 Å². The van der Waals surface area contributed by atoms with E-state index in [0.717, 1.165) is 5.56 Å². The molecule has 0 unspecified atom stereocenters. The Morgan fingerprint density at radius 1 is 1.55 bits per heavy atom. The first-order valence-electron chi connectivity index (χ1n) is 2.69. The Morgan fingerprint density at radius 2 is 2.18 bits per heavy atom. The van der Waals surface area contributed by atoms with Crippen LogP contribution in [0.1, 0.15) is 5.56 Å². The molecule has 2 N–H and O–H groups in total. The predicted molar refractivity (Wildman–Crippen MR) is 43.9 cm³/mol. The first kappa shape index (κ1) is 14.3. The zero-order valence-corrected chi connectivity index (χ0v) is 9.74. The van der Waals surface area contributed by atoms with Gasteiger partial charge >= 0.3 is 23.1 Å². The largest absolute Gasteiger partial charge is 2.00 e. The number of halogens is 2. The molecule has 1 aromatic carbocycles. The summed E-state index contributed by atoms with van der Waals surface area (Å²) in [5, 5.41) is 0.694. The molecule has 4 heteroatoms. The van der Waals surface area contributed by atoms with E-state index in [1.54, 1.807) is 12.1 Å². The fourth-order valence-corrected chi connectivity index (χ4v) is 0.811. The fourth-order valence-electron chi connectivity index (χ4n) is 0.608. The quantitative estimate of drug-likeness (QED) is 0.459. The Morgan fingerprint density at radius 3 is 2.55 bits per heavy atom. The topological polar surface area (TPSA) is 26.0 Å². The average Bonchev–Trinajstić information content (AvgIpc) is 1.89. The van der Waals surface area contributed by atoms with Crippen LogP contribution in [0.3, 0.4) is 0 Å². The summed E-state index contributed by atoms with van der Waals surface area (Å²) in [5.74, 6) is 0. The average molecular weight is 245 g/mol. The number of hydrogen-bond donors (Lipinski definition) is 1. The molecule has 0 fully saturated rings. The molecule has 0 aliphatic heterocycles. The zero-order chi connectivity index (χ0) is 6.69. The molecule has 1 aromatic rings. The van der Waals surface area contributed by atoms with Gasteiger partial charge < -0.3 is 22.7 Å². The van der Waals surface area contributed by atoms with E-state index in [0.29, 0.717) is 11.6 Å². The minimum atomic E-state index is 0. The van der Waals surface area contributed by atoms with Gasteiger partial charge in [0.05, 0.1) is 0 Å². The van der Waals surface area contributed by atoms with E-state index in [1.165, 1.54) is 0 Å². The Hall–Kier alpha value is 0.716. The van der Waals surface area contributed by atoms with Crippen molar-refractivity contribution in [3.8, 4) is 0 Å². The molecule has 1 nitrogen and oxygen atoms in total. The third kappa shape index (κ3) is 4.33. The van der Waals surface area contributed by atoms with E-state index < -0.39 is 0 Å². The fraction of sp³-hybridized carbons (Fsp3) is 0.143. The van der Waals surface area contributed by atoms with Gasteiger partial charge in [0.2, 0.25) is 0 Å². The van der Waals surface area contributed by atoms with Crippen LogP contribution in [-0.2, 0) is 6.54 Å². The summed E-state index contributed by atoms with van der Waals surface area (Å²) in [5.41, 5.74) is 6.32. The second-order valence-electron chi connectivity index (χ2n) is 1.72. The molecule has 0 aliphatic carbocycles. The summed E-state index contributed by atoms with van der Waals surface area (Å²) < 4.78 is 0. The summed E-state index contributed by atoms with van der Waals surface area (Å²) in [6, 6.07) is 8.22. The zero-order valence-electron chi connectivity index (χ0n) is 5.98. The Bertz CT molecular complexity index is 207. The molecular formula is C7H7BrClMgN. The van der Waals surface area contributed by atoms with Crippen LogP contribution in [0.4, 0.5) is 0 Å². The molecule has 0 saturated carbocycles. The normalized spacial score (nSPS) is 7.82. The number of hydrogen-bond acceptors (Lipinski definition) is 1. The van der Waals surface area contributed by atoms with Gasteiger partial charge in [-0.1, -0.05) is 5.02 Å². The van der Waals surface area contributed by atoms with Crippen LogP contribution in [-0.4, -0.2) is 23.1 Å². The van der Waals surface area contributed by atoms with Crippen LogP contribution in [0.15, 0.2) is 18.2 Å². The standard InChI is InChI=1S/C7H7ClN.BrH.Mg/c8-7-4-2-1-3-6(7)5-9;;/h1,3-4H,5,9H2;1H;/q-1;;+2/p-1. The molecule has 0 aromatic heterocycles. The molecule has 0 heterocycles. The van der Waals surface area contributed by atoms with Crippen molar-refractivity contribution in [3.63, 3.8) is 0 Å². The van der Waals surface area contributed by atoms with Crippen molar-refractivity contribution in [1.82, 2.24) is 0 Å². The molecule has 0 spiro atoms. The van der Waals surface area contributed by atoms with Gasteiger partial charge in [-0.3, -0.25) is 0 Å². The van der Waals surface area contributed by atoms with E-state index in [9.17, 15) is 0 Å². The van der Waals surface area contributed by atoms with Gasteiger partial charge in [0.15, 0.2) is 0 Å². The summed E-state index contributed by atoms with van der Waals surface area (Å²) in [6.45, 7) is 0.494. The summed E-state index contributed by atoms with van der Waals surface area (Å²) in [4.78, 5) is 0. The van der Waals surface area contributed by atoms with Crippen LogP contribution in [0.25, 0.3) is 0 Å². The Kier molecular flexibility index (Phi) is 9.55. The van der Waals surface area contributed by atoms with Crippen molar-refractivity contribution in [2.45, 2.75) is 6.54 Å². The van der Waals surface area contributed by atoms with E-state index in [1.807, 2.05) is 6.07 Å². The summed E-state index contributed by atoms with van der Waals surface area (Å²) in [6.07, 6.45) is 0. The monoisotopic (exact) mass is 243 g/mol. The molecule has 0 radical (unpaired) electrons. The van der Waals surface area contributed by atoms with Gasteiger partial charge in [-0.05, 0) is 6.54 Å². The maximum atomic E-state index is 5.71. The van der Waals surface area contributed by atoms with Crippen LogP contribution in [0, 0.1) is 6.07 Å². The smallest absolute Gasteiger partial charge is 1.00 e. The number of nitrogens with two attached hydrogens (primary N) is 1. The van der Waals surface area contributed by atoms with E-state index in [2.05, 4.69) is 6.07 Å². The first-order chi connectivity index (χ1) is 4.34. The van der Waals surface area contributed by atoms with Gasteiger partial charge in [0, 0.05) is 0 Å². The molecule has 1 rings (SSSR count). The second kappa shape index (κ2) is 7.37. The molecule has 11 heavy (non-hydrogen) atoms. The molecular weight excluding hydrogens is 238 g/mol. The van der Waals surface area contributed by atoms with Crippen molar-refractivity contribution in [2.24, 2.45) is 5.73 Å². The van der Waals surface area contributed by atoms with Gasteiger partial charge in [0.25, 0.3) is 0 Å². The Balaban J connectivity index is 0.